The summed E-state index contributed by atoms with van der Waals surface area (Å²) in [6.45, 7) is 0. The zero-order valence-electron chi connectivity index (χ0n) is 11.7. The predicted octanol–water partition coefficient (Wildman–Crippen LogP) is 5.02. The summed E-state index contributed by atoms with van der Waals surface area (Å²) in [4.78, 5) is 0. The molecule has 3 aromatic rings. The largest absolute Gasteiger partial charge is 0.377 e. The summed E-state index contributed by atoms with van der Waals surface area (Å²) >= 11 is 0. The molecule has 0 aliphatic heterocycles. The third-order valence-corrected chi connectivity index (χ3v) is 4.60. The highest BCUT2D eigenvalue weighted by Gasteiger charge is 2.21. The number of ether oxygens (including phenoxy) is 1. The van der Waals surface area contributed by atoms with Crippen molar-refractivity contribution in [2.24, 2.45) is 0 Å². The van der Waals surface area contributed by atoms with E-state index in [9.17, 15) is 0 Å². The van der Waals surface area contributed by atoms with Crippen LogP contribution < -0.4 is 0 Å². The Morgan fingerprint density at radius 1 is 0.900 bits per heavy atom. The third kappa shape index (κ3) is 1.66. The molecule has 0 saturated carbocycles. The molecule has 0 saturated heterocycles. The Bertz CT molecular complexity index is 788. The van der Waals surface area contributed by atoms with Gasteiger partial charge in [-0.15, -0.1) is 0 Å². The fourth-order valence-electron chi connectivity index (χ4n) is 3.61. The van der Waals surface area contributed by atoms with Gasteiger partial charge in [0.1, 0.15) is 0 Å². The van der Waals surface area contributed by atoms with E-state index in [-0.39, 0.29) is 6.10 Å². The second kappa shape index (κ2) is 4.60. The Hall–Kier alpha value is -1.86. The number of aryl methyl sites for hydroxylation is 1. The molecule has 1 unspecified atom stereocenters. The van der Waals surface area contributed by atoms with Gasteiger partial charge in [0, 0.05) is 7.11 Å². The van der Waals surface area contributed by atoms with Gasteiger partial charge >= 0.3 is 0 Å². The molecule has 0 amide bonds. The molecule has 20 heavy (non-hydrogen) atoms. The molecule has 1 atom stereocenters. The SMILES string of the molecule is COC1CCCc2c1ccc1c2ccc2ccccc21. The van der Waals surface area contributed by atoms with Crippen LogP contribution in [-0.2, 0) is 11.2 Å². The van der Waals surface area contributed by atoms with Crippen molar-refractivity contribution in [3.63, 3.8) is 0 Å². The Morgan fingerprint density at radius 3 is 2.65 bits per heavy atom. The van der Waals surface area contributed by atoms with Gasteiger partial charge in [0.15, 0.2) is 0 Å². The van der Waals surface area contributed by atoms with E-state index in [1.54, 1.807) is 0 Å². The highest BCUT2D eigenvalue weighted by molar-refractivity contribution is 6.08. The lowest BCUT2D eigenvalue weighted by Crippen LogP contribution is -2.11. The second-order valence-electron chi connectivity index (χ2n) is 5.63. The number of hydrogen-bond acceptors (Lipinski definition) is 1. The molecule has 100 valence electrons. The van der Waals surface area contributed by atoms with Gasteiger partial charge in [0.25, 0.3) is 0 Å². The van der Waals surface area contributed by atoms with Crippen LogP contribution in [0.1, 0.15) is 30.1 Å². The average molecular weight is 262 g/mol. The number of benzene rings is 3. The van der Waals surface area contributed by atoms with Gasteiger partial charge in [-0.3, -0.25) is 0 Å². The van der Waals surface area contributed by atoms with Crippen LogP contribution in [0.3, 0.4) is 0 Å². The van der Waals surface area contributed by atoms with Crippen LogP contribution in [0.25, 0.3) is 21.5 Å². The average Bonchev–Trinajstić information content (AvgIpc) is 2.53. The van der Waals surface area contributed by atoms with Crippen molar-refractivity contribution in [3.05, 3.63) is 59.7 Å². The summed E-state index contributed by atoms with van der Waals surface area (Å²) in [6, 6.07) is 17.7. The van der Waals surface area contributed by atoms with E-state index < -0.39 is 0 Å². The molecule has 0 bridgehead atoms. The monoisotopic (exact) mass is 262 g/mol. The smallest absolute Gasteiger partial charge is 0.0824 e. The molecule has 0 aromatic heterocycles. The van der Waals surface area contributed by atoms with Gasteiger partial charge in [0.2, 0.25) is 0 Å². The number of methoxy groups -OCH3 is 1. The van der Waals surface area contributed by atoms with Crippen molar-refractivity contribution < 1.29 is 4.74 Å². The zero-order chi connectivity index (χ0) is 13.5. The molecule has 0 radical (unpaired) electrons. The van der Waals surface area contributed by atoms with Gasteiger partial charge < -0.3 is 4.74 Å². The van der Waals surface area contributed by atoms with Gasteiger partial charge in [-0.05, 0) is 51.9 Å². The maximum atomic E-state index is 5.65. The molecule has 0 fully saturated rings. The Balaban J connectivity index is 2.07. The normalized spacial score (nSPS) is 18.4. The number of hydrogen-bond donors (Lipinski definition) is 0. The fourth-order valence-corrected chi connectivity index (χ4v) is 3.61. The summed E-state index contributed by atoms with van der Waals surface area (Å²) in [7, 11) is 1.82. The lowest BCUT2D eigenvalue weighted by Gasteiger charge is -2.26. The minimum atomic E-state index is 0.273. The van der Waals surface area contributed by atoms with Gasteiger partial charge in [-0.25, -0.2) is 0 Å². The lowest BCUT2D eigenvalue weighted by atomic mass is 9.85. The zero-order valence-corrected chi connectivity index (χ0v) is 11.7. The van der Waals surface area contributed by atoms with E-state index in [0.29, 0.717) is 0 Å². The van der Waals surface area contributed by atoms with Crippen LogP contribution in [0.2, 0.25) is 0 Å². The molecule has 4 rings (SSSR count). The van der Waals surface area contributed by atoms with Crippen molar-refractivity contribution in [2.75, 3.05) is 7.11 Å². The minimum Gasteiger partial charge on any atom is -0.377 e. The summed E-state index contributed by atoms with van der Waals surface area (Å²) in [6.07, 6.45) is 3.81. The van der Waals surface area contributed by atoms with E-state index in [1.165, 1.54) is 45.5 Å². The second-order valence-corrected chi connectivity index (χ2v) is 5.63. The van der Waals surface area contributed by atoms with Crippen molar-refractivity contribution >= 4 is 21.5 Å². The van der Waals surface area contributed by atoms with Crippen LogP contribution in [-0.4, -0.2) is 7.11 Å². The first-order chi connectivity index (χ1) is 9.88. The molecule has 1 heteroatoms. The predicted molar refractivity (Wildman–Crippen MR) is 84.1 cm³/mol. The van der Waals surface area contributed by atoms with Crippen LogP contribution in [0.15, 0.2) is 48.5 Å². The molecular weight excluding hydrogens is 244 g/mol. The van der Waals surface area contributed by atoms with Crippen LogP contribution in [0.5, 0.6) is 0 Å². The van der Waals surface area contributed by atoms with E-state index in [2.05, 4.69) is 48.5 Å². The third-order valence-electron chi connectivity index (χ3n) is 4.60. The fraction of sp³-hybridized carbons (Fsp3) is 0.263. The van der Waals surface area contributed by atoms with E-state index in [1.807, 2.05) is 7.11 Å². The van der Waals surface area contributed by atoms with Gasteiger partial charge in [-0.2, -0.15) is 0 Å². The van der Waals surface area contributed by atoms with E-state index >= 15 is 0 Å². The maximum absolute atomic E-state index is 5.65. The van der Waals surface area contributed by atoms with Crippen molar-refractivity contribution in [2.45, 2.75) is 25.4 Å². The van der Waals surface area contributed by atoms with Crippen LogP contribution in [0.4, 0.5) is 0 Å². The van der Waals surface area contributed by atoms with Crippen molar-refractivity contribution in [3.8, 4) is 0 Å². The molecule has 1 aliphatic carbocycles. The first-order valence-corrected chi connectivity index (χ1v) is 7.34. The van der Waals surface area contributed by atoms with E-state index in [0.717, 1.165) is 6.42 Å². The highest BCUT2D eigenvalue weighted by Crippen LogP contribution is 2.38. The van der Waals surface area contributed by atoms with Gasteiger partial charge in [0.05, 0.1) is 6.10 Å². The molecular formula is C19H18O. The molecule has 1 nitrogen and oxygen atoms in total. The Labute approximate surface area is 119 Å². The van der Waals surface area contributed by atoms with E-state index in [4.69, 9.17) is 4.74 Å². The number of rotatable bonds is 1. The molecule has 0 heterocycles. The Morgan fingerprint density at radius 2 is 1.75 bits per heavy atom. The quantitative estimate of drug-likeness (QED) is 0.560. The summed E-state index contributed by atoms with van der Waals surface area (Å²) in [5.41, 5.74) is 2.88. The first-order valence-electron chi connectivity index (χ1n) is 7.34. The lowest BCUT2D eigenvalue weighted by molar-refractivity contribution is 0.0884. The minimum absolute atomic E-state index is 0.273. The summed E-state index contributed by atoms with van der Waals surface area (Å²) in [5, 5.41) is 5.45. The van der Waals surface area contributed by atoms with Crippen molar-refractivity contribution in [1.29, 1.82) is 0 Å². The van der Waals surface area contributed by atoms with Crippen molar-refractivity contribution in [1.82, 2.24) is 0 Å². The molecule has 0 spiro atoms. The van der Waals surface area contributed by atoms with Crippen LogP contribution >= 0.6 is 0 Å². The number of fused-ring (bicyclic) bond motifs is 5. The molecule has 3 aromatic carbocycles. The van der Waals surface area contributed by atoms with Crippen LogP contribution in [0, 0.1) is 0 Å². The highest BCUT2D eigenvalue weighted by atomic mass is 16.5. The maximum Gasteiger partial charge on any atom is 0.0824 e. The Kier molecular flexibility index (Phi) is 2.75. The molecule has 0 N–H and O–H groups in total. The molecule has 1 aliphatic rings. The van der Waals surface area contributed by atoms with Gasteiger partial charge in [-0.1, -0.05) is 48.5 Å². The topological polar surface area (TPSA) is 9.23 Å². The summed E-state index contributed by atoms with van der Waals surface area (Å²) in [5.74, 6) is 0. The standard InChI is InChI=1S/C19H18O/c1-20-19-8-4-7-15-17-10-9-13-5-2-3-6-14(13)16(17)11-12-18(15)19/h2-3,5-6,9-12,19H,4,7-8H2,1H3. The summed E-state index contributed by atoms with van der Waals surface area (Å²) < 4.78 is 5.65. The first kappa shape index (κ1) is 11.9.